The lowest BCUT2D eigenvalue weighted by Gasteiger charge is -2.33. The summed E-state index contributed by atoms with van der Waals surface area (Å²) in [5, 5.41) is 24.6. The fourth-order valence-electron chi connectivity index (χ4n) is 6.50. The van der Waals surface area contributed by atoms with Gasteiger partial charge in [-0.25, -0.2) is 0 Å². The van der Waals surface area contributed by atoms with Crippen molar-refractivity contribution in [3.63, 3.8) is 0 Å². The molecule has 8 amide bonds. The van der Waals surface area contributed by atoms with Crippen LogP contribution in [0.3, 0.4) is 0 Å². The number of aliphatic imine (C=N–C) groups is 2. The number of nitrogens with two attached hydrogens (primary N) is 6. The molecule has 0 saturated carbocycles. The molecule has 25 nitrogen and oxygen atoms in total. The van der Waals surface area contributed by atoms with Crippen LogP contribution >= 0.6 is 0 Å². The van der Waals surface area contributed by atoms with E-state index in [4.69, 9.17) is 34.4 Å². The summed E-state index contributed by atoms with van der Waals surface area (Å²) >= 11 is 0. The summed E-state index contributed by atoms with van der Waals surface area (Å²) < 4.78 is 0. The van der Waals surface area contributed by atoms with Gasteiger partial charge in [-0.2, -0.15) is 0 Å². The van der Waals surface area contributed by atoms with Gasteiger partial charge in [0.15, 0.2) is 11.9 Å². The van der Waals surface area contributed by atoms with E-state index in [0.29, 0.717) is 19.3 Å². The summed E-state index contributed by atoms with van der Waals surface area (Å²) in [5.41, 5.74) is 32.9. The molecule has 0 aromatic carbocycles. The van der Waals surface area contributed by atoms with Gasteiger partial charge in [0.05, 0.1) is 6.04 Å². The Labute approximate surface area is 373 Å². The zero-order valence-electron chi connectivity index (χ0n) is 37.7. The van der Waals surface area contributed by atoms with E-state index < -0.39 is 113 Å². The maximum atomic E-state index is 14.2. The van der Waals surface area contributed by atoms with E-state index in [2.05, 4.69) is 41.9 Å². The lowest BCUT2D eigenvalue weighted by molar-refractivity contribution is -0.143. The summed E-state index contributed by atoms with van der Waals surface area (Å²) in [6, 6.07) is -9.54. The van der Waals surface area contributed by atoms with Crippen molar-refractivity contribution >= 4 is 65.1 Å². The number of carbonyl (C=O) groups excluding carboxylic acids is 8. The topological polar surface area (TPSA) is 430 Å². The van der Waals surface area contributed by atoms with Crippen molar-refractivity contribution in [1.82, 2.24) is 36.8 Å². The first kappa shape index (κ1) is 55.7. The van der Waals surface area contributed by atoms with Crippen LogP contribution in [-0.4, -0.2) is 143 Å². The predicted molar refractivity (Wildman–Crippen MR) is 236 cm³/mol. The van der Waals surface area contributed by atoms with Gasteiger partial charge in [0.25, 0.3) is 0 Å². The van der Waals surface area contributed by atoms with Crippen LogP contribution in [0.2, 0.25) is 0 Å². The number of nitrogens with one attached hydrogen (secondary N) is 6. The van der Waals surface area contributed by atoms with Crippen molar-refractivity contribution in [3.8, 4) is 0 Å². The average Bonchev–Trinajstić information content (AvgIpc) is 3.72. The summed E-state index contributed by atoms with van der Waals surface area (Å²) in [7, 11) is 0. The van der Waals surface area contributed by atoms with Gasteiger partial charge < -0.3 is 76.3 Å². The third-order valence-electron chi connectivity index (χ3n) is 10.5. The Morgan fingerprint density at radius 1 is 0.656 bits per heavy atom. The first-order chi connectivity index (χ1) is 29.9. The monoisotopic (exact) mass is 910 g/mol. The second kappa shape index (κ2) is 27.7. The maximum Gasteiger partial charge on any atom is 0.325 e. The summed E-state index contributed by atoms with van der Waals surface area (Å²) in [4.78, 5) is 127. The lowest BCUT2D eigenvalue weighted by atomic mass is 9.97. The fraction of sp³-hybridized carbons (Fsp3) is 0.718. The number of guanidine groups is 2. The molecule has 9 atom stereocenters. The molecular formula is C39H71N15O10. The first-order valence-corrected chi connectivity index (χ1v) is 21.4. The Hall–Kier alpha value is -6.27. The molecule has 9 unspecified atom stereocenters. The first-order valence-electron chi connectivity index (χ1n) is 21.4. The molecule has 1 aliphatic heterocycles. The van der Waals surface area contributed by atoms with Gasteiger partial charge in [0.2, 0.25) is 47.3 Å². The highest BCUT2D eigenvalue weighted by atomic mass is 16.4. The Morgan fingerprint density at radius 3 is 1.72 bits per heavy atom. The number of amides is 8. The molecule has 1 fully saturated rings. The van der Waals surface area contributed by atoms with Gasteiger partial charge >= 0.3 is 5.97 Å². The van der Waals surface area contributed by atoms with Crippen molar-refractivity contribution in [2.24, 2.45) is 56.2 Å². The molecule has 25 heteroatoms. The molecular weight excluding hydrogens is 839 g/mol. The molecule has 0 aliphatic carbocycles. The quantitative estimate of drug-likeness (QED) is 0.0200. The number of primary amides is 1. The second-order valence-corrected chi connectivity index (χ2v) is 16.2. The van der Waals surface area contributed by atoms with Crippen LogP contribution in [0.15, 0.2) is 9.98 Å². The number of rotatable bonds is 28. The Balaban J connectivity index is 3.31. The molecule has 0 radical (unpaired) electrons. The largest absolute Gasteiger partial charge is 0.480 e. The highest BCUT2D eigenvalue weighted by molar-refractivity contribution is 5.98. The van der Waals surface area contributed by atoms with Gasteiger partial charge in [-0.15, -0.1) is 0 Å². The number of carboxylic acid groups (broad SMARTS) is 1. The van der Waals surface area contributed by atoms with Gasteiger partial charge in [0, 0.05) is 26.1 Å². The summed E-state index contributed by atoms with van der Waals surface area (Å²) in [6.07, 6.45) is 1.17. The van der Waals surface area contributed by atoms with Crippen molar-refractivity contribution in [1.29, 1.82) is 0 Å². The Bertz CT molecular complexity index is 1700. The van der Waals surface area contributed by atoms with Crippen LogP contribution in [0.4, 0.5) is 0 Å². The minimum absolute atomic E-state index is 0.0572. The van der Waals surface area contributed by atoms with E-state index >= 15 is 0 Å². The number of aliphatic carboxylic acids is 1. The third-order valence-corrected chi connectivity index (χ3v) is 10.5. The normalized spacial score (nSPS) is 17.1. The zero-order chi connectivity index (χ0) is 48.8. The minimum atomic E-state index is -1.45. The highest BCUT2D eigenvalue weighted by Crippen LogP contribution is 2.22. The van der Waals surface area contributed by atoms with Crippen LogP contribution < -0.4 is 66.3 Å². The number of hydrogen-bond donors (Lipinski definition) is 13. The van der Waals surface area contributed by atoms with Crippen molar-refractivity contribution in [2.45, 2.75) is 148 Å². The zero-order valence-corrected chi connectivity index (χ0v) is 37.7. The SMILES string of the molecule is CCC(C)C(NC(=O)C(C)NC(=O)C(N)CCCN=C(N)N)C(=O)N1CCCC1C(=O)NC(CCCN=C(N)N)C(=O)NC(CCC(N)=O)C(=O)NC(C(=O)NC(C)C(=O)O)C(C)C. The molecule has 1 saturated heterocycles. The maximum absolute atomic E-state index is 14.2. The predicted octanol–water partition coefficient (Wildman–Crippen LogP) is -4.59. The van der Waals surface area contributed by atoms with E-state index in [9.17, 15) is 48.3 Å². The number of hydrogen-bond acceptors (Lipinski definition) is 12. The number of likely N-dealkylation sites (tertiary alicyclic amines) is 1. The van der Waals surface area contributed by atoms with E-state index in [-0.39, 0.29) is 70.1 Å². The van der Waals surface area contributed by atoms with Gasteiger partial charge in [-0.1, -0.05) is 34.1 Å². The number of nitrogens with zero attached hydrogens (tertiary/aromatic N) is 3. The van der Waals surface area contributed by atoms with Crippen LogP contribution in [0.5, 0.6) is 0 Å². The minimum Gasteiger partial charge on any atom is -0.480 e. The fourth-order valence-corrected chi connectivity index (χ4v) is 6.50. The van der Waals surface area contributed by atoms with E-state index in [1.807, 2.05) is 6.92 Å². The van der Waals surface area contributed by atoms with Gasteiger partial charge in [0.1, 0.15) is 42.3 Å². The standard InChI is InChI=1S/C39H71N15O10/c1-7-20(4)29(53-30(56)21(5)48-31(57)23(40)11-8-16-46-38(42)43)36(62)54-18-10-13-26(54)34(60)51-24(12-9-17-47-39(44)45)32(58)50-25(14-15-27(41)55)33(59)52-28(19(2)3)35(61)49-22(6)37(63)64/h19-26,28-29H,7-18,40H2,1-6H3,(H2,41,55)(H,48,57)(H,49,61)(H,50,58)(H,51,60)(H,52,59)(H,53,56)(H,63,64)(H4,42,43,46)(H4,44,45,47). The molecule has 0 aromatic rings. The second-order valence-electron chi connectivity index (χ2n) is 16.2. The van der Waals surface area contributed by atoms with E-state index in [1.54, 1.807) is 20.8 Å². The van der Waals surface area contributed by atoms with Crippen LogP contribution in [0, 0.1) is 11.8 Å². The summed E-state index contributed by atoms with van der Waals surface area (Å²) in [5.74, 6) is -8.46. The molecule has 0 aromatic heterocycles. The van der Waals surface area contributed by atoms with Crippen LogP contribution in [-0.2, 0) is 43.2 Å². The molecule has 64 heavy (non-hydrogen) atoms. The van der Waals surface area contributed by atoms with Gasteiger partial charge in [-0.05, 0) is 70.6 Å². The number of carboxylic acids is 1. The molecule has 0 spiro atoms. The van der Waals surface area contributed by atoms with E-state index in [1.165, 1.54) is 18.7 Å². The average molecular weight is 910 g/mol. The highest BCUT2D eigenvalue weighted by Gasteiger charge is 2.41. The lowest BCUT2D eigenvalue weighted by Crippen LogP contribution is -2.60. The van der Waals surface area contributed by atoms with Crippen molar-refractivity contribution in [2.75, 3.05) is 19.6 Å². The molecule has 362 valence electrons. The van der Waals surface area contributed by atoms with Gasteiger partial charge in [-0.3, -0.25) is 53.1 Å². The van der Waals surface area contributed by atoms with E-state index in [0.717, 1.165) is 0 Å². The molecule has 1 rings (SSSR count). The Kier molecular flexibility index (Phi) is 24.1. The Morgan fingerprint density at radius 2 is 1.19 bits per heavy atom. The van der Waals surface area contributed by atoms with Crippen molar-refractivity contribution in [3.05, 3.63) is 0 Å². The van der Waals surface area contributed by atoms with Crippen molar-refractivity contribution < 1.29 is 48.3 Å². The summed E-state index contributed by atoms with van der Waals surface area (Å²) in [6.45, 7) is 9.91. The smallest absolute Gasteiger partial charge is 0.325 e. The third kappa shape index (κ3) is 19.4. The molecule has 0 bridgehead atoms. The molecule has 19 N–H and O–H groups in total. The van der Waals surface area contributed by atoms with Crippen LogP contribution in [0.1, 0.15) is 99.3 Å². The number of carbonyl (C=O) groups is 9. The molecule has 1 heterocycles. The molecule has 1 aliphatic rings. The van der Waals surface area contributed by atoms with Crippen LogP contribution in [0.25, 0.3) is 0 Å².